The van der Waals surface area contributed by atoms with Crippen LogP contribution >= 0.6 is 0 Å². The number of nitrogens with one attached hydrogen (secondary N) is 1. The Morgan fingerprint density at radius 3 is 2.77 bits per heavy atom. The summed E-state index contributed by atoms with van der Waals surface area (Å²) in [6.45, 7) is 8.07. The number of anilines is 1. The van der Waals surface area contributed by atoms with E-state index in [0.717, 1.165) is 38.4 Å². The van der Waals surface area contributed by atoms with Gasteiger partial charge in [0.05, 0.1) is 5.69 Å². The number of rotatable bonds is 4. The van der Waals surface area contributed by atoms with Crippen molar-refractivity contribution in [2.75, 3.05) is 37.6 Å². The van der Waals surface area contributed by atoms with Crippen molar-refractivity contribution < 1.29 is 4.39 Å². The average molecular weight is 305 g/mol. The summed E-state index contributed by atoms with van der Waals surface area (Å²) in [4.78, 5) is 4.75. The monoisotopic (exact) mass is 305 g/mol. The van der Waals surface area contributed by atoms with E-state index >= 15 is 0 Å². The van der Waals surface area contributed by atoms with Gasteiger partial charge in [-0.3, -0.25) is 4.90 Å². The van der Waals surface area contributed by atoms with Gasteiger partial charge in [0.15, 0.2) is 0 Å². The Balaban J connectivity index is 1.73. The lowest BCUT2D eigenvalue weighted by molar-refractivity contribution is 0.136. The Morgan fingerprint density at radius 2 is 2.00 bits per heavy atom. The zero-order chi connectivity index (χ0) is 15.4. The molecule has 1 aromatic rings. The van der Waals surface area contributed by atoms with Crippen molar-refractivity contribution in [3.8, 4) is 0 Å². The maximum Gasteiger partial charge on any atom is 0.146 e. The third-order valence-electron chi connectivity index (χ3n) is 5.07. The summed E-state index contributed by atoms with van der Waals surface area (Å²) in [5.41, 5.74) is 2.03. The SMILES string of the molecule is CCC1CCCCN1Cc1ccc(F)c(N2CCNCC2)c1. The minimum atomic E-state index is -0.0867. The van der Waals surface area contributed by atoms with Crippen molar-refractivity contribution in [2.45, 2.75) is 45.2 Å². The Kier molecular flexibility index (Phi) is 5.32. The van der Waals surface area contributed by atoms with Gasteiger partial charge >= 0.3 is 0 Å². The number of piperidine rings is 1. The second kappa shape index (κ2) is 7.42. The molecule has 0 spiro atoms. The highest BCUT2D eigenvalue weighted by atomic mass is 19.1. The largest absolute Gasteiger partial charge is 0.367 e. The average Bonchev–Trinajstić information content (AvgIpc) is 2.58. The number of hydrogen-bond acceptors (Lipinski definition) is 3. The van der Waals surface area contributed by atoms with Crippen molar-refractivity contribution in [1.29, 1.82) is 0 Å². The molecule has 22 heavy (non-hydrogen) atoms. The van der Waals surface area contributed by atoms with Crippen molar-refractivity contribution in [2.24, 2.45) is 0 Å². The van der Waals surface area contributed by atoms with E-state index in [1.807, 2.05) is 6.07 Å². The van der Waals surface area contributed by atoms with E-state index in [1.165, 1.54) is 37.8 Å². The summed E-state index contributed by atoms with van der Waals surface area (Å²) < 4.78 is 14.2. The molecule has 1 N–H and O–H groups in total. The van der Waals surface area contributed by atoms with Gasteiger partial charge in [-0.2, -0.15) is 0 Å². The van der Waals surface area contributed by atoms with Crippen LogP contribution in [0.4, 0.5) is 10.1 Å². The molecule has 0 aromatic heterocycles. The van der Waals surface area contributed by atoms with Gasteiger partial charge in [-0.05, 0) is 43.5 Å². The summed E-state index contributed by atoms with van der Waals surface area (Å²) in [7, 11) is 0. The van der Waals surface area contributed by atoms with E-state index < -0.39 is 0 Å². The highest BCUT2D eigenvalue weighted by Crippen LogP contribution is 2.25. The van der Waals surface area contributed by atoms with E-state index in [1.54, 1.807) is 6.07 Å². The molecule has 3 rings (SSSR count). The highest BCUT2D eigenvalue weighted by molar-refractivity contribution is 5.50. The van der Waals surface area contributed by atoms with Gasteiger partial charge in [0.2, 0.25) is 0 Å². The lowest BCUT2D eigenvalue weighted by Crippen LogP contribution is -2.44. The maximum atomic E-state index is 14.2. The minimum absolute atomic E-state index is 0.0867. The second-order valence-corrected chi connectivity index (χ2v) is 6.55. The first kappa shape index (κ1) is 15.8. The molecule has 0 radical (unpaired) electrons. The number of nitrogens with zero attached hydrogens (tertiary/aromatic N) is 2. The highest BCUT2D eigenvalue weighted by Gasteiger charge is 2.21. The van der Waals surface area contributed by atoms with Gasteiger partial charge in [-0.1, -0.05) is 19.4 Å². The molecule has 2 saturated heterocycles. The molecule has 4 heteroatoms. The predicted octanol–water partition coefficient (Wildman–Crippen LogP) is 3.00. The quantitative estimate of drug-likeness (QED) is 0.922. The molecule has 2 heterocycles. The molecule has 0 aliphatic carbocycles. The van der Waals surface area contributed by atoms with Crippen LogP contribution in [0.25, 0.3) is 0 Å². The summed E-state index contributed by atoms with van der Waals surface area (Å²) in [6.07, 6.45) is 5.17. The molecule has 2 fully saturated rings. The van der Waals surface area contributed by atoms with Gasteiger partial charge in [0.25, 0.3) is 0 Å². The lowest BCUT2D eigenvalue weighted by Gasteiger charge is -2.35. The van der Waals surface area contributed by atoms with Gasteiger partial charge in [-0.25, -0.2) is 4.39 Å². The molecule has 1 unspecified atom stereocenters. The first-order valence-corrected chi connectivity index (χ1v) is 8.76. The van der Waals surface area contributed by atoms with Crippen LogP contribution in [0.3, 0.4) is 0 Å². The number of piperazine rings is 1. The summed E-state index contributed by atoms with van der Waals surface area (Å²) in [5, 5.41) is 3.33. The topological polar surface area (TPSA) is 18.5 Å². The first-order chi connectivity index (χ1) is 10.8. The van der Waals surface area contributed by atoms with E-state index in [2.05, 4.69) is 28.1 Å². The molecular weight excluding hydrogens is 277 g/mol. The van der Waals surface area contributed by atoms with Crippen molar-refractivity contribution in [3.05, 3.63) is 29.6 Å². The van der Waals surface area contributed by atoms with Gasteiger partial charge in [0.1, 0.15) is 5.82 Å². The second-order valence-electron chi connectivity index (χ2n) is 6.55. The molecule has 0 amide bonds. The fourth-order valence-electron chi connectivity index (χ4n) is 3.77. The van der Waals surface area contributed by atoms with E-state index in [0.29, 0.717) is 6.04 Å². The third kappa shape index (κ3) is 3.61. The Bertz CT molecular complexity index is 485. The molecule has 1 atom stereocenters. The number of likely N-dealkylation sites (tertiary alicyclic amines) is 1. The van der Waals surface area contributed by atoms with Crippen molar-refractivity contribution in [3.63, 3.8) is 0 Å². The van der Waals surface area contributed by atoms with Crippen LogP contribution in [0, 0.1) is 5.82 Å². The number of benzene rings is 1. The third-order valence-corrected chi connectivity index (χ3v) is 5.07. The summed E-state index contributed by atoms with van der Waals surface area (Å²) in [6, 6.07) is 6.38. The smallest absolute Gasteiger partial charge is 0.146 e. The van der Waals surface area contributed by atoms with E-state index in [4.69, 9.17) is 0 Å². The molecular formula is C18H28FN3. The molecule has 3 nitrogen and oxygen atoms in total. The molecule has 2 aliphatic heterocycles. The van der Waals surface area contributed by atoms with E-state index in [9.17, 15) is 4.39 Å². The Hall–Kier alpha value is -1.13. The molecule has 0 bridgehead atoms. The van der Waals surface area contributed by atoms with Gasteiger partial charge in [0, 0.05) is 38.8 Å². The first-order valence-electron chi connectivity index (χ1n) is 8.76. The maximum absolute atomic E-state index is 14.2. The lowest BCUT2D eigenvalue weighted by atomic mass is 9.99. The fraction of sp³-hybridized carbons (Fsp3) is 0.667. The van der Waals surface area contributed by atoms with Crippen LogP contribution in [0.5, 0.6) is 0 Å². The van der Waals surface area contributed by atoms with Crippen LogP contribution in [0.1, 0.15) is 38.2 Å². The standard InChI is InChI=1S/C18H28FN3/c1-2-16-5-3-4-10-22(16)14-15-6-7-17(19)18(13-15)21-11-8-20-9-12-21/h6-7,13,16,20H,2-5,8-12,14H2,1H3. The Labute approximate surface area is 133 Å². The summed E-state index contributed by atoms with van der Waals surface area (Å²) >= 11 is 0. The van der Waals surface area contributed by atoms with Crippen LogP contribution in [-0.4, -0.2) is 43.7 Å². The van der Waals surface area contributed by atoms with Gasteiger partial charge in [-0.15, -0.1) is 0 Å². The zero-order valence-electron chi connectivity index (χ0n) is 13.7. The molecule has 122 valence electrons. The fourth-order valence-corrected chi connectivity index (χ4v) is 3.77. The van der Waals surface area contributed by atoms with Crippen LogP contribution in [0.2, 0.25) is 0 Å². The Morgan fingerprint density at radius 1 is 1.18 bits per heavy atom. The normalized spacial score (nSPS) is 23.7. The van der Waals surface area contributed by atoms with Crippen molar-refractivity contribution >= 4 is 5.69 Å². The predicted molar refractivity (Wildman–Crippen MR) is 89.8 cm³/mol. The molecule has 0 saturated carbocycles. The zero-order valence-corrected chi connectivity index (χ0v) is 13.7. The summed E-state index contributed by atoms with van der Waals surface area (Å²) in [5.74, 6) is -0.0867. The van der Waals surface area contributed by atoms with Crippen LogP contribution in [0.15, 0.2) is 18.2 Å². The number of halogens is 1. The van der Waals surface area contributed by atoms with E-state index in [-0.39, 0.29) is 5.82 Å². The molecule has 2 aliphatic rings. The van der Waals surface area contributed by atoms with Crippen LogP contribution in [-0.2, 0) is 6.54 Å². The number of hydrogen-bond donors (Lipinski definition) is 1. The van der Waals surface area contributed by atoms with Crippen molar-refractivity contribution in [1.82, 2.24) is 10.2 Å². The van der Waals surface area contributed by atoms with Gasteiger partial charge < -0.3 is 10.2 Å². The molecule has 1 aromatic carbocycles. The minimum Gasteiger partial charge on any atom is -0.367 e. The van der Waals surface area contributed by atoms with Crippen LogP contribution < -0.4 is 10.2 Å².